The lowest BCUT2D eigenvalue weighted by Gasteiger charge is -2.24. The molecular formula is C48H53ClF2N9O7S2+. The number of rotatable bonds is 19. The van der Waals surface area contributed by atoms with Gasteiger partial charge >= 0.3 is 0 Å². The molecule has 2 aliphatic carbocycles. The molecular weight excluding hydrogens is 952 g/mol. The van der Waals surface area contributed by atoms with Crippen molar-refractivity contribution < 1.29 is 47.0 Å². The number of halogens is 3. The molecule has 0 unspecified atom stereocenters. The third-order valence-corrected chi connectivity index (χ3v) is 13.6. The molecule has 2 fully saturated rings. The zero-order valence-electron chi connectivity index (χ0n) is 38.5. The van der Waals surface area contributed by atoms with Gasteiger partial charge in [-0.3, -0.25) is 30.2 Å². The molecule has 0 saturated heterocycles. The zero-order valence-corrected chi connectivity index (χ0v) is 40.9. The number of methoxy groups -OCH3 is 2. The number of hydrogen-bond acceptors (Lipinski definition) is 15. The molecule has 2 saturated carbocycles. The number of allylic oxidation sites excluding steroid dienone is 3. The molecule has 0 aliphatic heterocycles. The Morgan fingerprint density at radius 2 is 1.55 bits per heavy atom. The fourth-order valence-electron chi connectivity index (χ4n) is 8.05. The topological polar surface area (TPSA) is 196 Å². The van der Waals surface area contributed by atoms with Gasteiger partial charge in [-0.2, -0.15) is 4.57 Å². The summed E-state index contributed by atoms with van der Waals surface area (Å²) in [6.45, 7) is 6.84. The minimum Gasteiger partial charge on any atom is -0.496 e. The van der Waals surface area contributed by atoms with Crippen LogP contribution in [0.15, 0.2) is 77.6 Å². The van der Waals surface area contributed by atoms with Gasteiger partial charge in [-0.05, 0) is 134 Å². The van der Waals surface area contributed by atoms with Crippen LogP contribution in [-0.2, 0) is 11.3 Å². The predicted molar refractivity (Wildman–Crippen MR) is 261 cm³/mol. The van der Waals surface area contributed by atoms with E-state index in [4.69, 9.17) is 30.5 Å². The largest absolute Gasteiger partial charge is 0.496 e. The van der Waals surface area contributed by atoms with Crippen LogP contribution in [-0.4, -0.2) is 95.3 Å². The average molecular weight is 1010 g/mol. The van der Waals surface area contributed by atoms with Gasteiger partial charge in [-0.1, -0.05) is 28.9 Å². The maximum atomic E-state index is 15.5. The summed E-state index contributed by atoms with van der Waals surface area (Å²) in [7, 11) is 4.48. The Balaban J connectivity index is 1.12. The highest BCUT2D eigenvalue weighted by atomic mass is 35.5. The third-order valence-electron chi connectivity index (χ3n) is 11.8. The number of aliphatic hydroxyl groups is 1. The van der Waals surface area contributed by atoms with Gasteiger partial charge in [-0.15, -0.1) is 10.2 Å². The third kappa shape index (κ3) is 13.3. The van der Waals surface area contributed by atoms with Crippen molar-refractivity contribution in [1.82, 2.24) is 25.4 Å². The summed E-state index contributed by atoms with van der Waals surface area (Å²) >= 11 is 9.12. The first-order chi connectivity index (χ1) is 33.3. The van der Waals surface area contributed by atoms with Gasteiger partial charge in [0.1, 0.15) is 17.7 Å². The van der Waals surface area contributed by atoms with E-state index in [0.29, 0.717) is 59.4 Å². The Hall–Kier alpha value is -6.22. The maximum Gasteiger partial charge on any atom is 0.295 e. The Kier molecular flexibility index (Phi) is 17.5. The Bertz CT molecular complexity index is 2730. The van der Waals surface area contributed by atoms with E-state index in [1.165, 1.54) is 38.6 Å². The molecule has 364 valence electrons. The molecule has 2 aliphatic rings. The van der Waals surface area contributed by atoms with E-state index in [1.807, 2.05) is 0 Å². The summed E-state index contributed by atoms with van der Waals surface area (Å²) in [6.07, 6.45) is 12.5. The van der Waals surface area contributed by atoms with Crippen molar-refractivity contribution in [3.8, 4) is 33.0 Å². The number of hydrogen-bond donors (Lipinski definition) is 3. The molecule has 0 atom stereocenters. The van der Waals surface area contributed by atoms with E-state index < -0.39 is 23.8 Å². The smallest absolute Gasteiger partial charge is 0.295 e. The number of alkyl halides is 1. The first-order valence-corrected chi connectivity index (χ1v) is 24.3. The lowest BCUT2D eigenvalue weighted by atomic mass is 9.88. The summed E-state index contributed by atoms with van der Waals surface area (Å²) < 4.78 is 53.8. The predicted octanol–water partition coefficient (Wildman–Crippen LogP) is 8.85. The van der Waals surface area contributed by atoms with E-state index in [9.17, 15) is 19.1 Å². The van der Waals surface area contributed by atoms with Crippen LogP contribution in [0, 0.1) is 24.6 Å². The maximum absolute atomic E-state index is 15.5. The minimum absolute atomic E-state index is 0.0112. The molecule has 0 spiro atoms. The number of ether oxygens (including phenoxy) is 4. The van der Waals surface area contributed by atoms with Gasteiger partial charge in [0.2, 0.25) is 16.5 Å². The second kappa shape index (κ2) is 23.9. The average Bonchev–Trinajstić information content (AvgIpc) is 4.00. The second-order valence-electron chi connectivity index (χ2n) is 16.7. The number of aliphatic imine (C=N–C) groups is 1. The van der Waals surface area contributed by atoms with E-state index in [0.717, 1.165) is 61.2 Å². The number of aliphatic hydroxyl groups excluding tert-OH is 1. The summed E-state index contributed by atoms with van der Waals surface area (Å²) in [5.74, 6) is -0.761. The number of amides is 2. The van der Waals surface area contributed by atoms with Gasteiger partial charge in [0.05, 0.1) is 44.7 Å². The van der Waals surface area contributed by atoms with Crippen LogP contribution >= 0.6 is 34.3 Å². The number of aryl methyl sites for hydroxylation is 1. The van der Waals surface area contributed by atoms with Crippen LogP contribution < -0.4 is 34.1 Å². The Morgan fingerprint density at radius 3 is 2.19 bits per heavy atom. The number of pyridine rings is 2. The fraction of sp³-hybridized carbons (Fsp3) is 0.396. The van der Waals surface area contributed by atoms with Crippen molar-refractivity contribution in [3.05, 3.63) is 100 Å². The summed E-state index contributed by atoms with van der Waals surface area (Å²) in [5.41, 5.74) is 2.40. The molecule has 16 nitrogen and oxygen atoms in total. The standard InChI is InChI=1S/C48H52ClF2N9O7S2/c1-27-19-35(37(22-53-27)44(63)55-46-57-59-47(69-46)66-25-29-9-14-32(50)15-10-29)36-20-41(49)60(24-40(36)65-5)23-31(21-52-3)13-18-34(28(2)42-38(51)7-6-8-39(42)64-4)43(62)54-45-56-58-48(68-45)67-26-30-11-16-33(61)17-12-30/h6-8,13,18-22,24,29-30,32-33,61H,2,9-12,14-17,23,25-26H2,1,3-5H3,(H-,53,54,55,56,57,62,63)/p+1/b31-13?,34-18+,52-21?. The molecule has 0 bridgehead atoms. The molecule has 2 amide bonds. The highest BCUT2D eigenvalue weighted by molar-refractivity contribution is 7.17. The Labute approximate surface area is 411 Å². The lowest BCUT2D eigenvalue weighted by molar-refractivity contribution is -0.686. The van der Waals surface area contributed by atoms with Crippen LogP contribution in [0.2, 0.25) is 5.15 Å². The van der Waals surface area contributed by atoms with Crippen molar-refractivity contribution in [3.63, 3.8) is 0 Å². The molecule has 21 heteroatoms. The SMILES string of the molecule is C=C(/C(=C\C=C(C=NC)C[n+]1cc(OC)c(-c2cc(C)ncc2C(=O)Nc2nnc(OCC3CCC(F)CC3)s2)cc1Cl)C(=O)Nc1nnc(OCC2CCC(O)CC2)s1)c1c(F)cccc1OC. The number of benzene rings is 1. The minimum atomic E-state index is -0.757. The first-order valence-electron chi connectivity index (χ1n) is 22.3. The van der Waals surface area contributed by atoms with Crippen LogP contribution in [0.25, 0.3) is 16.7 Å². The fourth-order valence-corrected chi connectivity index (χ4v) is 9.47. The number of carbonyl (C=O) groups is 2. The second-order valence-corrected chi connectivity index (χ2v) is 18.9. The van der Waals surface area contributed by atoms with E-state index in [-0.39, 0.29) is 73.1 Å². The molecule has 4 heterocycles. The van der Waals surface area contributed by atoms with Gasteiger partial charge in [0.25, 0.3) is 27.4 Å². The number of anilines is 2. The molecule has 69 heavy (non-hydrogen) atoms. The summed E-state index contributed by atoms with van der Waals surface area (Å²) in [4.78, 5) is 36.6. The zero-order chi connectivity index (χ0) is 49.0. The number of aromatic nitrogens is 6. The van der Waals surface area contributed by atoms with Crippen LogP contribution in [0.3, 0.4) is 0 Å². The van der Waals surface area contributed by atoms with Gasteiger partial charge in [0, 0.05) is 53.5 Å². The molecule has 4 aromatic heterocycles. The van der Waals surface area contributed by atoms with Crippen molar-refractivity contribution in [2.24, 2.45) is 16.8 Å². The highest BCUT2D eigenvalue weighted by Gasteiger charge is 2.27. The highest BCUT2D eigenvalue weighted by Crippen LogP contribution is 2.37. The quantitative estimate of drug-likeness (QED) is 0.0234. The number of carbonyl (C=O) groups excluding carboxylic acids is 2. The number of nitrogens with one attached hydrogen (secondary N) is 2. The van der Waals surface area contributed by atoms with Crippen molar-refractivity contribution in [2.45, 2.75) is 77.1 Å². The van der Waals surface area contributed by atoms with E-state index >= 15 is 4.39 Å². The molecule has 5 aromatic rings. The number of nitrogens with zero attached hydrogens (tertiary/aromatic N) is 7. The van der Waals surface area contributed by atoms with E-state index in [1.54, 1.807) is 55.2 Å². The van der Waals surface area contributed by atoms with Crippen LogP contribution in [0.4, 0.5) is 19.0 Å². The van der Waals surface area contributed by atoms with Gasteiger partial charge < -0.3 is 24.1 Å². The van der Waals surface area contributed by atoms with Crippen LogP contribution in [0.5, 0.6) is 21.9 Å². The van der Waals surface area contributed by atoms with Crippen LogP contribution in [0.1, 0.15) is 73.0 Å². The first kappa shape index (κ1) is 50.7. The molecule has 7 rings (SSSR count). The van der Waals surface area contributed by atoms with Gasteiger partial charge in [-0.25, -0.2) is 8.78 Å². The summed E-state index contributed by atoms with van der Waals surface area (Å²) in [6, 6.07) is 7.72. The lowest BCUT2D eigenvalue weighted by Crippen LogP contribution is -2.36. The van der Waals surface area contributed by atoms with Crippen molar-refractivity contribution >= 4 is 68.1 Å². The molecule has 1 aromatic carbocycles. The molecule has 0 radical (unpaired) electrons. The molecule has 3 N–H and O–H groups in total. The van der Waals surface area contributed by atoms with Crippen molar-refractivity contribution in [1.29, 1.82) is 0 Å². The monoisotopic (exact) mass is 1000 g/mol. The van der Waals surface area contributed by atoms with E-state index in [2.05, 4.69) is 47.6 Å². The summed E-state index contributed by atoms with van der Waals surface area (Å²) in [5, 5.41) is 32.9. The van der Waals surface area contributed by atoms with Crippen molar-refractivity contribution in [2.75, 3.05) is 45.1 Å². The Morgan fingerprint density at radius 1 is 0.913 bits per heavy atom. The normalized spacial score (nSPS) is 18.7. The van der Waals surface area contributed by atoms with Gasteiger partial charge in [0.15, 0.2) is 12.3 Å².